The zero-order valence-electron chi connectivity index (χ0n) is 11.0. The number of likely N-dealkylation sites (tertiary alicyclic amines) is 2. The fourth-order valence-electron chi connectivity index (χ4n) is 3.03. The quantitative estimate of drug-likeness (QED) is 0.803. The Labute approximate surface area is 108 Å². The van der Waals surface area contributed by atoms with Crippen LogP contribution in [0.4, 0.5) is 0 Å². The van der Waals surface area contributed by atoms with Crippen LogP contribution in [0.5, 0.6) is 0 Å². The predicted molar refractivity (Wildman–Crippen MR) is 67.2 cm³/mol. The molecule has 2 heterocycles. The lowest BCUT2D eigenvalue weighted by Gasteiger charge is -2.36. The van der Waals surface area contributed by atoms with Crippen LogP contribution in [0.2, 0.25) is 0 Å². The highest BCUT2D eigenvalue weighted by atomic mass is 16.4. The third-order valence-electron chi connectivity index (χ3n) is 4.05. The van der Waals surface area contributed by atoms with E-state index in [1.165, 1.54) is 6.42 Å². The zero-order valence-corrected chi connectivity index (χ0v) is 11.0. The van der Waals surface area contributed by atoms with Crippen LogP contribution in [0, 0.1) is 11.8 Å². The number of amides is 1. The van der Waals surface area contributed by atoms with Crippen LogP contribution in [0.3, 0.4) is 0 Å². The van der Waals surface area contributed by atoms with Crippen LogP contribution >= 0.6 is 0 Å². The van der Waals surface area contributed by atoms with Crippen LogP contribution in [0.15, 0.2) is 0 Å². The number of nitrogens with zero attached hydrogens (tertiary/aromatic N) is 2. The summed E-state index contributed by atoms with van der Waals surface area (Å²) in [6.07, 6.45) is 3.20. The van der Waals surface area contributed by atoms with E-state index in [9.17, 15) is 9.59 Å². The first-order chi connectivity index (χ1) is 8.56. The summed E-state index contributed by atoms with van der Waals surface area (Å²) in [6.45, 7) is 3.27. The molecule has 2 unspecified atom stereocenters. The van der Waals surface area contributed by atoms with Gasteiger partial charge in [-0.1, -0.05) is 0 Å². The Morgan fingerprint density at radius 1 is 1.39 bits per heavy atom. The molecule has 0 aliphatic carbocycles. The van der Waals surface area contributed by atoms with Gasteiger partial charge in [0.2, 0.25) is 5.91 Å². The molecule has 2 aliphatic rings. The second-order valence-corrected chi connectivity index (χ2v) is 5.64. The Bertz CT molecular complexity index is 332. The van der Waals surface area contributed by atoms with Crippen molar-refractivity contribution in [3.63, 3.8) is 0 Å². The number of hydrogen-bond acceptors (Lipinski definition) is 3. The largest absolute Gasteiger partial charge is 0.481 e. The van der Waals surface area contributed by atoms with E-state index < -0.39 is 5.97 Å². The molecule has 2 aliphatic heterocycles. The SMILES string of the molecule is CN1CCCC(CN2CC(C(=O)O)CCC2=O)C1. The van der Waals surface area contributed by atoms with E-state index >= 15 is 0 Å². The van der Waals surface area contributed by atoms with Crippen LogP contribution in [-0.4, -0.2) is 60.0 Å². The number of hydrogen-bond donors (Lipinski definition) is 1. The Morgan fingerprint density at radius 2 is 2.17 bits per heavy atom. The normalized spacial score (nSPS) is 30.5. The first-order valence-electron chi connectivity index (χ1n) is 6.75. The van der Waals surface area contributed by atoms with Crippen molar-refractivity contribution in [2.75, 3.05) is 33.2 Å². The van der Waals surface area contributed by atoms with E-state index in [2.05, 4.69) is 11.9 Å². The van der Waals surface area contributed by atoms with Crippen molar-refractivity contribution >= 4 is 11.9 Å². The lowest BCUT2D eigenvalue weighted by atomic mass is 9.93. The molecule has 0 aromatic heterocycles. The number of aliphatic carboxylic acids is 1. The Balaban J connectivity index is 1.90. The highest BCUT2D eigenvalue weighted by molar-refractivity contribution is 5.80. The van der Waals surface area contributed by atoms with E-state index in [0.717, 1.165) is 26.1 Å². The van der Waals surface area contributed by atoms with E-state index in [4.69, 9.17) is 5.11 Å². The lowest BCUT2D eigenvalue weighted by Crippen LogP contribution is -2.47. The summed E-state index contributed by atoms with van der Waals surface area (Å²) in [5, 5.41) is 9.04. The van der Waals surface area contributed by atoms with Crippen LogP contribution in [0.1, 0.15) is 25.7 Å². The minimum Gasteiger partial charge on any atom is -0.481 e. The first kappa shape index (κ1) is 13.3. The molecule has 5 heteroatoms. The van der Waals surface area contributed by atoms with Gasteiger partial charge in [-0.05, 0) is 38.8 Å². The van der Waals surface area contributed by atoms with Crippen molar-refractivity contribution in [1.29, 1.82) is 0 Å². The first-order valence-corrected chi connectivity index (χ1v) is 6.75. The van der Waals surface area contributed by atoms with Gasteiger partial charge in [-0.3, -0.25) is 9.59 Å². The molecular formula is C13H22N2O3. The molecule has 102 valence electrons. The number of carbonyl (C=O) groups is 2. The summed E-state index contributed by atoms with van der Waals surface area (Å²) < 4.78 is 0. The van der Waals surface area contributed by atoms with Gasteiger partial charge in [-0.25, -0.2) is 0 Å². The second-order valence-electron chi connectivity index (χ2n) is 5.64. The van der Waals surface area contributed by atoms with Gasteiger partial charge in [0.05, 0.1) is 5.92 Å². The average molecular weight is 254 g/mol. The van der Waals surface area contributed by atoms with Crippen LogP contribution in [0.25, 0.3) is 0 Å². The van der Waals surface area contributed by atoms with E-state index in [-0.39, 0.29) is 11.8 Å². The maximum absolute atomic E-state index is 11.8. The Hall–Kier alpha value is -1.10. The standard InChI is InChI=1S/C13H22N2O3/c1-14-6-2-3-10(7-14)8-15-9-11(13(17)18)4-5-12(15)16/h10-11H,2-9H2,1H3,(H,17,18). The van der Waals surface area contributed by atoms with Gasteiger partial charge < -0.3 is 14.9 Å². The fraction of sp³-hybridized carbons (Fsp3) is 0.846. The Kier molecular flexibility index (Phi) is 4.22. The summed E-state index contributed by atoms with van der Waals surface area (Å²) >= 11 is 0. The third-order valence-corrected chi connectivity index (χ3v) is 4.05. The molecule has 0 spiro atoms. The molecule has 2 rings (SSSR count). The number of carboxylic acid groups (broad SMARTS) is 1. The minimum absolute atomic E-state index is 0.126. The molecule has 0 saturated carbocycles. The van der Waals surface area contributed by atoms with Crippen molar-refractivity contribution in [3.05, 3.63) is 0 Å². The second kappa shape index (κ2) is 5.69. The van der Waals surface area contributed by atoms with Crippen molar-refractivity contribution in [3.8, 4) is 0 Å². The van der Waals surface area contributed by atoms with Crippen molar-refractivity contribution in [2.45, 2.75) is 25.7 Å². The topological polar surface area (TPSA) is 60.9 Å². The van der Waals surface area contributed by atoms with Crippen molar-refractivity contribution < 1.29 is 14.7 Å². The van der Waals surface area contributed by atoms with Gasteiger partial charge in [0.1, 0.15) is 0 Å². The summed E-state index contributed by atoms with van der Waals surface area (Å²) in [5.74, 6) is -0.516. The summed E-state index contributed by atoms with van der Waals surface area (Å²) in [6, 6.07) is 0. The van der Waals surface area contributed by atoms with Crippen molar-refractivity contribution in [2.24, 2.45) is 11.8 Å². The van der Waals surface area contributed by atoms with E-state index in [1.54, 1.807) is 4.90 Å². The lowest BCUT2D eigenvalue weighted by molar-refractivity contribution is -0.147. The molecule has 2 atom stereocenters. The molecule has 2 fully saturated rings. The van der Waals surface area contributed by atoms with Gasteiger partial charge in [0.15, 0.2) is 0 Å². The number of piperidine rings is 2. The predicted octanol–water partition coefficient (Wildman–Crippen LogP) is 0.651. The zero-order chi connectivity index (χ0) is 13.1. The molecule has 18 heavy (non-hydrogen) atoms. The van der Waals surface area contributed by atoms with Gasteiger partial charge in [-0.15, -0.1) is 0 Å². The average Bonchev–Trinajstić information content (AvgIpc) is 2.31. The molecule has 1 amide bonds. The number of carbonyl (C=O) groups excluding carboxylic acids is 1. The maximum atomic E-state index is 11.8. The highest BCUT2D eigenvalue weighted by Crippen LogP contribution is 2.22. The molecule has 5 nitrogen and oxygen atoms in total. The maximum Gasteiger partial charge on any atom is 0.308 e. The molecule has 2 saturated heterocycles. The molecule has 0 aromatic rings. The minimum atomic E-state index is -0.770. The molecule has 0 bridgehead atoms. The summed E-state index contributed by atoms with van der Waals surface area (Å²) in [5.41, 5.74) is 0. The summed E-state index contributed by atoms with van der Waals surface area (Å²) in [7, 11) is 2.10. The van der Waals surface area contributed by atoms with Crippen molar-refractivity contribution in [1.82, 2.24) is 9.80 Å². The molecule has 0 aromatic carbocycles. The Morgan fingerprint density at radius 3 is 2.83 bits per heavy atom. The third kappa shape index (κ3) is 3.22. The van der Waals surface area contributed by atoms with Gasteiger partial charge >= 0.3 is 5.97 Å². The van der Waals surface area contributed by atoms with Crippen LogP contribution < -0.4 is 0 Å². The van der Waals surface area contributed by atoms with Gasteiger partial charge in [0, 0.05) is 26.1 Å². The smallest absolute Gasteiger partial charge is 0.308 e. The molecular weight excluding hydrogens is 232 g/mol. The van der Waals surface area contributed by atoms with Gasteiger partial charge in [-0.2, -0.15) is 0 Å². The van der Waals surface area contributed by atoms with Crippen LogP contribution in [-0.2, 0) is 9.59 Å². The highest BCUT2D eigenvalue weighted by Gasteiger charge is 2.31. The van der Waals surface area contributed by atoms with E-state index in [0.29, 0.717) is 25.3 Å². The fourth-order valence-corrected chi connectivity index (χ4v) is 3.03. The van der Waals surface area contributed by atoms with Gasteiger partial charge in [0.25, 0.3) is 0 Å². The number of carboxylic acids is 1. The molecule has 0 radical (unpaired) electrons. The summed E-state index contributed by atoms with van der Waals surface area (Å²) in [4.78, 5) is 26.9. The number of rotatable bonds is 3. The monoisotopic (exact) mass is 254 g/mol. The molecule has 1 N–H and O–H groups in total. The van der Waals surface area contributed by atoms with E-state index in [1.807, 2.05) is 0 Å².